The van der Waals surface area contributed by atoms with Crippen LogP contribution in [0.2, 0.25) is 0 Å². The van der Waals surface area contributed by atoms with Gasteiger partial charge in [-0.15, -0.1) is 0 Å². The first kappa shape index (κ1) is 14.0. The van der Waals surface area contributed by atoms with Crippen LogP contribution in [0.4, 0.5) is 0 Å². The van der Waals surface area contributed by atoms with Gasteiger partial charge in [-0.1, -0.05) is 6.07 Å². The van der Waals surface area contributed by atoms with Crippen LogP contribution in [-0.4, -0.2) is 28.7 Å². The van der Waals surface area contributed by atoms with Crippen molar-refractivity contribution in [1.82, 2.24) is 0 Å². The van der Waals surface area contributed by atoms with E-state index in [1.807, 2.05) is 35.2 Å². The van der Waals surface area contributed by atoms with E-state index >= 15 is 0 Å². The van der Waals surface area contributed by atoms with E-state index in [4.69, 9.17) is 22.6 Å². The van der Waals surface area contributed by atoms with Crippen LogP contribution in [-0.2, 0) is 16.9 Å². The largest absolute Gasteiger partial charge is 0.726 e. The molecule has 6 nitrogen and oxygen atoms in total. The first-order valence-electron chi connectivity index (χ1n) is 4.09. The summed E-state index contributed by atoms with van der Waals surface area (Å²) < 4.78 is 34.8. The highest BCUT2D eigenvalue weighted by Gasteiger charge is 2.01. The molecule has 1 rings (SSSR count). The minimum atomic E-state index is -4.92. The van der Waals surface area contributed by atoms with Gasteiger partial charge in [-0.3, -0.25) is 4.55 Å². The number of hydrogen-bond acceptors (Lipinski definition) is 4. The number of pyridine rings is 1. The zero-order valence-electron chi connectivity index (χ0n) is 8.15. The quantitative estimate of drug-likeness (QED) is 0.403. The van der Waals surface area contributed by atoms with Crippen LogP contribution >= 0.6 is 0 Å². The van der Waals surface area contributed by atoms with Gasteiger partial charge in [-0.25, -0.2) is 13.0 Å². The Bertz CT molecular complexity index is 354. The smallest absolute Gasteiger partial charge is 0.215 e. The molecule has 0 aromatic carbocycles. The fraction of sp³-hybridized carbons (Fsp3) is 0.375. The van der Waals surface area contributed by atoms with E-state index in [2.05, 4.69) is 0 Å². The molecule has 0 saturated carbocycles. The first-order chi connectivity index (χ1) is 6.79. The van der Waals surface area contributed by atoms with Crippen molar-refractivity contribution >= 4 is 10.4 Å². The number of nitrogens with zero attached hydrogens (tertiary/aromatic N) is 1. The van der Waals surface area contributed by atoms with Crippen LogP contribution in [0.3, 0.4) is 0 Å². The standard InChI is InChI=1S/C8H12NO.H2O4S/c1-8(10)7-9-5-3-2-4-6-9;1-5(2,3)4/h2-6,8,10H,7H2,1H3;(H2,1,2,3,4)/q+1;/p-1/t8-;/m0./s1. The summed E-state index contributed by atoms with van der Waals surface area (Å²) in [4.78, 5) is 0. The molecule has 0 unspecified atom stereocenters. The zero-order valence-corrected chi connectivity index (χ0v) is 8.96. The van der Waals surface area contributed by atoms with E-state index in [1.165, 1.54) is 0 Å². The number of aliphatic hydroxyl groups is 1. The number of aliphatic hydroxyl groups excluding tert-OH is 1. The molecule has 15 heavy (non-hydrogen) atoms. The SMILES string of the molecule is C[C@H](O)C[n+]1ccccc1.O=S(=O)([O-])O. The molecule has 0 aliphatic heterocycles. The van der Waals surface area contributed by atoms with E-state index in [0.717, 1.165) is 0 Å². The topological polar surface area (TPSA) is 102 Å². The monoisotopic (exact) mass is 235 g/mol. The maximum Gasteiger partial charge on any atom is 0.215 e. The van der Waals surface area contributed by atoms with Crippen molar-refractivity contribution in [1.29, 1.82) is 0 Å². The molecule has 0 fully saturated rings. The highest BCUT2D eigenvalue weighted by atomic mass is 32.3. The van der Waals surface area contributed by atoms with Gasteiger partial charge in [-0.05, 0) is 6.92 Å². The molecule has 0 amide bonds. The van der Waals surface area contributed by atoms with Crippen molar-refractivity contribution in [3.63, 3.8) is 0 Å². The van der Waals surface area contributed by atoms with Crippen molar-refractivity contribution in [3.05, 3.63) is 30.6 Å². The maximum atomic E-state index is 8.98. The van der Waals surface area contributed by atoms with E-state index < -0.39 is 10.4 Å². The van der Waals surface area contributed by atoms with E-state index in [9.17, 15) is 0 Å². The molecule has 0 saturated heterocycles. The van der Waals surface area contributed by atoms with Gasteiger partial charge in [0.25, 0.3) is 0 Å². The molecule has 0 bridgehead atoms. The van der Waals surface area contributed by atoms with E-state index in [0.29, 0.717) is 6.54 Å². The average Bonchev–Trinajstić information content (AvgIpc) is 2.01. The van der Waals surface area contributed by atoms with Gasteiger partial charge in [0, 0.05) is 12.1 Å². The Morgan fingerprint density at radius 2 is 1.73 bits per heavy atom. The van der Waals surface area contributed by atoms with E-state index in [1.54, 1.807) is 6.92 Å². The number of hydrogen-bond donors (Lipinski definition) is 2. The lowest BCUT2D eigenvalue weighted by Gasteiger charge is -1.97. The van der Waals surface area contributed by atoms with Gasteiger partial charge in [-0.2, -0.15) is 0 Å². The van der Waals surface area contributed by atoms with Crippen LogP contribution in [0, 0.1) is 0 Å². The second-order valence-corrected chi connectivity index (χ2v) is 3.70. The predicted octanol–water partition coefficient (Wildman–Crippen LogP) is -0.641. The van der Waals surface area contributed by atoms with Crippen molar-refractivity contribution in [3.8, 4) is 0 Å². The molecule has 0 radical (unpaired) electrons. The fourth-order valence-electron chi connectivity index (χ4n) is 0.861. The summed E-state index contributed by atoms with van der Waals surface area (Å²) in [5, 5.41) is 8.98. The van der Waals surface area contributed by atoms with Crippen LogP contribution in [0.1, 0.15) is 6.92 Å². The van der Waals surface area contributed by atoms with Crippen molar-refractivity contribution in [2.24, 2.45) is 0 Å². The highest BCUT2D eigenvalue weighted by Crippen LogP contribution is 1.80. The first-order valence-corrected chi connectivity index (χ1v) is 5.46. The Hall–Kier alpha value is -1.02. The zero-order chi connectivity index (χ0) is 11.9. The van der Waals surface area contributed by atoms with E-state index in [-0.39, 0.29) is 6.10 Å². The fourth-order valence-corrected chi connectivity index (χ4v) is 0.861. The molecule has 0 aliphatic rings. The Morgan fingerprint density at radius 3 is 2.07 bits per heavy atom. The molecule has 0 aliphatic carbocycles. The second-order valence-electron chi connectivity index (χ2n) is 2.85. The Kier molecular flexibility index (Phi) is 6.02. The summed E-state index contributed by atoms with van der Waals surface area (Å²) in [5.74, 6) is 0. The van der Waals surface area contributed by atoms with Crippen LogP contribution in [0.5, 0.6) is 0 Å². The molecular formula is C8H13NO5S. The van der Waals surface area contributed by atoms with Crippen LogP contribution in [0.15, 0.2) is 30.6 Å². The van der Waals surface area contributed by atoms with Crippen molar-refractivity contribution in [2.75, 3.05) is 0 Å². The lowest BCUT2D eigenvalue weighted by molar-refractivity contribution is -0.703. The molecule has 0 spiro atoms. The second kappa shape index (κ2) is 6.46. The summed E-state index contributed by atoms with van der Waals surface area (Å²) in [6.07, 6.45) is 3.60. The summed E-state index contributed by atoms with van der Waals surface area (Å²) in [6, 6.07) is 5.85. The molecule has 86 valence electrons. The molecule has 1 heterocycles. The van der Waals surface area contributed by atoms with Gasteiger partial charge >= 0.3 is 0 Å². The van der Waals surface area contributed by atoms with Gasteiger partial charge in [0.2, 0.25) is 10.4 Å². The minimum Gasteiger partial charge on any atom is -0.726 e. The minimum absolute atomic E-state index is 0.271. The Morgan fingerprint density at radius 1 is 1.33 bits per heavy atom. The molecular weight excluding hydrogens is 222 g/mol. The van der Waals surface area contributed by atoms with Gasteiger partial charge in [0.05, 0.1) is 0 Å². The third kappa shape index (κ3) is 13.0. The average molecular weight is 235 g/mol. The lowest BCUT2D eigenvalue weighted by Crippen LogP contribution is -2.37. The maximum absolute atomic E-state index is 8.98. The third-order valence-corrected chi connectivity index (χ3v) is 1.25. The number of aromatic nitrogens is 1. The van der Waals surface area contributed by atoms with Crippen LogP contribution in [0.25, 0.3) is 0 Å². The highest BCUT2D eigenvalue weighted by molar-refractivity contribution is 7.79. The summed E-state index contributed by atoms with van der Waals surface area (Å²) >= 11 is 0. The predicted molar refractivity (Wildman–Crippen MR) is 50.6 cm³/mol. The Labute approximate surface area is 88.4 Å². The van der Waals surface area contributed by atoms with Crippen molar-refractivity contribution in [2.45, 2.75) is 19.6 Å². The van der Waals surface area contributed by atoms with Gasteiger partial charge in [0.1, 0.15) is 6.10 Å². The number of rotatable bonds is 2. The molecule has 2 N–H and O–H groups in total. The lowest BCUT2D eigenvalue weighted by atomic mass is 10.4. The summed E-state index contributed by atoms with van der Waals surface area (Å²) in [6.45, 7) is 2.45. The molecule has 1 aromatic rings. The van der Waals surface area contributed by atoms with Gasteiger partial charge in [0.15, 0.2) is 18.9 Å². The normalized spacial score (nSPS) is 12.5. The molecule has 7 heteroatoms. The van der Waals surface area contributed by atoms with Crippen LogP contribution < -0.4 is 4.57 Å². The summed E-state index contributed by atoms with van der Waals surface area (Å²) in [7, 11) is -4.92. The Balaban J connectivity index is 0.000000336. The molecule has 1 atom stereocenters. The molecule has 1 aromatic heterocycles. The van der Waals surface area contributed by atoms with Gasteiger partial charge < -0.3 is 9.66 Å². The van der Waals surface area contributed by atoms with Crippen molar-refractivity contribution < 1.29 is 27.2 Å². The summed E-state index contributed by atoms with van der Waals surface area (Å²) in [5.41, 5.74) is 0. The third-order valence-electron chi connectivity index (χ3n) is 1.25.